The Morgan fingerprint density at radius 1 is 1.11 bits per heavy atom. The Morgan fingerprint density at radius 2 is 1.61 bits per heavy atom. The molecule has 2 heteroatoms. The van der Waals surface area contributed by atoms with Crippen LogP contribution in [-0.4, -0.2) is 30.3 Å². The van der Waals surface area contributed by atoms with Crippen molar-refractivity contribution in [3.63, 3.8) is 0 Å². The Hall–Kier alpha value is -1.15. The zero-order chi connectivity index (χ0) is 13.8. The highest BCUT2D eigenvalue weighted by Gasteiger charge is 2.29. The summed E-state index contributed by atoms with van der Waals surface area (Å²) in [6.07, 6.45) is 0. The van der Waals surface area contributed by atoms with Crippen molar-refractivity contribution >= 4 is 5.78 Å². The average Bonchev–Trinajstić information content (AvgIpc) is 2.36. The van der Waals surface area contributed by atoms with Gasteiger partial charge in [-0.1, -0.05) is 43.7 Å². The van der Waals surface area contributed by atoms with Crippen LogP contribution in [0.1, 0.15) is 38.8 Å². The van der Waals surface area contributed by atoms with E-state index in [9.17, 15) is 4.79 Å². The summed E-state index contributed by atoms with van der Waals surface area (Å²) < 4.78 is 0. The van der Waals surface area contributed by atoms with Gasteiger partial charge in [-0.3, -0.25) is 9.69 Å². The molecule has 0 aromatic heterocycles. The third-order valence-electron chi connectivity index (χ3n) is 3.73. The van der Waals surface area contributed by atoms with E-state index in [1.54, 1.807) is 0 Å². The van der Waals surface area contributed by atoms with E-state index in [1.807, 2.05) is 13.8 Å². The molecule has 18 heavy (non-hydrogen) atoms. The lowest BCUT2D eigenvalue weighted by Gasteiger charge is -2.27. The van der Waals surface area contributed by atoms with Crippen molar-refractivity contribution in [2.75, 3.05) is 19.6 Å². The highest BCUT2D eigenvalue weighted by atomic mass is 16.1. The molecule has 1 rings (SSSR count). The van der Waals surface area contributed by atoms with Crippen LogP contribution in [0.15, 0.2) is 24.3 Å². The van der Waals surface area contributed by atoms with E-state index in [1.165, 1.54) is 5.56 Å². The quantitative estimate of drug-likeness (QED) is 0.769. The minimum absolute atomic E-state index is 0.287. The summed E-state index contributed by atoms with van der Waals surface area (Å²) in [7, 11) is 0. The number of aryl methyl sites for hydroxylation is 1. The van der Waals surface area contributed by atoms with E-state index in [0.717, 1.165) is 18.7 Å². The highest BCUT2D eigenvalue weighted by Crippen LogP contribution is 2.25. The molecule has 0 fully saturated rings. The van der Waals surface area contributed by atoms with E-state index < -0.39 is 5.41 Å². The molecule has 0 heterocycles. The molecule has 0 bridgehead atoms. The molecule has 0 aliphatic carbocycles. The Morgan fingerprint density at radius 3 is 2.06 bits per heavy atom. The van der Waals surface area contributed by atoms with E-state index in [2.05, 4.69) is 49.9 Å². The van der Waals surface area contributed by atoms with Gasteiger partial charge in [-0.15, -0.1) is 0 Å². The number of carbonyl (C=O) groups is 1. The van der Waals surface area contributed by atoms with Crippen molar-refractivity contribution in [1.29, 1.82) is 0 Å². The zero-order valence-corrected chi connectivity index (χ0v) is 12.3. The predicted octanol–water partition coefficient (Wildman–Crippen LogP) is 3.18. The van der Waals surface area contributed by atoms with Crippen LogP contribution >= 0.6 is 0 Å². The van der Waals surface area contributed by atoms with Gasteiger partial charge in [0, 0.05) is 5.41 Å². The van der Waals surface area contributed by atoms with Gasteiger partial charge in [0.1, 0.15) is 0 Å². The van der Waals surface area contributed by atoms with Crippen molar-refractivity contribution in [1.82, 2.24) is 4.90 Å². The molecule has 1 aromatic carbocycles. The number of likely N-dealkylation sites (N-methyl/N-ethyl adjacent to an activating group) is 1. The second kappa shape index (κ2) is 6.14. The lowest BCUT2D eigenvalue weighted by atomic mass is 9.80. The normalized spacial score (nSPS) is 11.9. The molecule has 0 unspecified atom stereocenters. The summed E-state index contributed by atoms with van der Waals surface area (Å²) in [4.78, 5) is 14.6. The molecule has 0 saturated heterocycles. The van der Waals surface area contributed by atoms with Crippen LogP contribution in [-0.2, 0) is 10.2 Å². The predicted molar refractivity (Wildman–Crippen MR) is 77.0 cm³/mol. The number of benzene rings is 1. The summed E-state index contributed by atoms with van der Waals surface area (Å²) in [5.74, 6) is 0.287. The van der Waals surface area contributed by atoms with Crippen molar-refractivity contribution in [2.24, 2.45) is 0 Å². The molecule has 2 nitrogen and oxygen atoms in total. The monoisotopic (exact) mass is 247 g/mol. The Balaban J connectivity index is 2.85. The molecule has 0 spiro atoms. The maximum Gasteiger partial charge on any atom is 0.156 e. The summed E-state index contributed by atoms with van der Waals surface area (Å²) >= 11 is 0. The molecule has 0 aliphatic heterocycles. The lowest BCUT2D eigenvalue weighted by molar-refractivity contribution is -0.124. The first-order valence-corrected chi connectivity index (χ1v) is 6.74. The van der Waals surface area contributed by atoms with Crippen LogP contribution in [0.2, 0.25) is 0 Å². The molecular weight excluding hydrogens is 222 g/mol. The van der Waals surface area contributed by atoms with Crippen molar-refractivity contribution in [3.05, 3.63) is 35.4 Å². The third kappa shape index (κ3) is 3.42. The molecule has 0 radical (unpaired) electrons. The fourth-order valence-corrected chi connectivity index (χ4v) is 1.98. The minimum atomic E-state index is -0.406. The molecule has 0 saturated carbocycles. The van der Waals surface area contributed by atoms with Crippen molar-refractivity contribution in [2.45, 2.75) is 40.0 Å². The minimum Gasteiger partial charge on any atom is -0.297 e. The number of ketones is 1. The van der Waals surface area contributed by atoms with Crippen molar-refractivity contribution in [3.8, 4) is 0 Å². The van der Waals surface area contributed by atoms with Crippen LogP contribution in [0.3, 0.4) is 0 Å². The smallest absolute Gasteiger partial charge is 0.156 e. The SMILES string of the molecule is CCN(CC)CC(=O)C(C)(C)c1ccc(C)cc1. The second-order valence-electron chi connectivity index (χ2n) is 5.38. The molecular formula is C16H25NO. The molecule has 0 amide bonds. The van der Waals surface area contributed by atoms with Crippen LogP contribution < -0.4 is 0 Å². The lowest BCUT2D eigenvalue weighted by Crippen LogP contribution is -2.39. The van der Waals surface area contributed by atoms with E-state index in [-0.39, 0.29) is 5.78 Å². The first-order valence-electron chi connectivity index (χ1n) is 6.74. The zero-order valence-electron chi connectivity index (χ0n) is 12.3. The van der Waals surface area contributed by atoms with Gasteiger partial charge in [0.05, 0.1) is 6.54 Å². The van der Waals surface area contributed by atoms with Gasteiger partial charge in [0.2, 0.25) is 0 Å². The number of Topliss-reactive ketones (excluding diaryl/α,β-unsaturated/α-hetero) is 1. The average molecular weight is 247 g/mol. The number of hydrogen-bond acceptors (Lipinski definition) is 2. The number of rotatable bonds is 6. The standard InChI is InChI=1S/C16H25NO/c1-6-17(7-2)12-15(18)16(4,5)14-10-8-13(3)9-11-14/h8-11H,6-7,12H2,1-5H3. The van der Waals surface area contributed by atoms with Gasteiger partial charge in [0.15, 0.2) is 5.78 Å². The summed E-state index contributed by atoms with van der Waals surface area (Å²) in [6, 6.07) is 8.27. The van der Waals surface area contributed by atoms with E-state index in [0.29, 0.717) is 6.54 Å². The summed E-state index contributed by atoms with van der Waals surface area (Å²) in [5.41, 5.74) is 1.92. The van der Waals surface area contributed by atoms with Crippen molar-refractivity contribution < 1.29 is 4.79 Å². The van der Waals surface area contributed by atoms with E-state index >= 15 is 0 Å². The fraction of sp³-hybridized carbons (Fsp3) is 0.562. The van der Waals surface area contributed by atoms with Crippen LogP contribution in [0.4, 0.5) is 0 Å². The summed E-state index contributed by atoms with van der Waals surface area (Å²) in [6.45, 7) is 12.7. The topological polar surface area (TPSA) is 20.3 Å². The molecule has 0 atom stereocenters. The maximum atomic E-state index is 12.4. The van der Waals surface area contributed by atoms with Gasteiger partial charge in [-0.2, -0.15) is 0 Å². The van der Waals surface area contributed by atoms with Gasteiger partial charge in [-0.25, -0.2) is 0 Å². The summed E-state index contributed by atoms with van der Waals surface area (Å²) in [5, 5.41) is 0. The third-order valence-corrected chi connectivity index (χ3v) is 3.73. The van der Waals surface area contributed by atoms with Crippen LogP contribution in [0.5, 0.6) is 0 Å². The fourth-order valence-electron chi connectivity index (χ4n) is 1.98. The molecule has 1 aromatic rings. The van der Waals surface area contributed by atoms with Gasteiger partial charge in [0.25, 0.3) is 0 Å². The van der Waals surface area contributed by atoms with Gasteiger partial charge >= 0.3 is 0 Å². The Kier molecular flexibility index (Phi) is 5.09. The maximum absolute atomic E-state index is 12.4. The van der Waals surface area contributed by atoms with Crippen LogP contribution in [0, 0.1) is 6.92 Å². The highest BCUT2D eigenvalue weighted by molar-refractivity contribution is 5.90. The Bertz CT molecular complexity index is 388. The van der Waals surface area contributed by atoms with E-state index in [4.69, 9.17) is 0 Å². The number of hydrogen-bond donors (Lipinski definition) is 0. The molecule has 100 valence electrons. The molecule has 0 aliphatic rings. The van der Waals surface area contributed by atoms with Crippen LogP contribution in [0.25, 0.3) is 0 Å². The van der Waals surface area contributed by atoms with Gasteiger partial charge in [-0.05, 0) is 39.4 Å². The van der Waals surface area contributed by atoms with Gasteiger partial charge < -0.3 is 0 Å². The Labute approximate surface area is 111 Å². The number of carbonyl (C=O) groups excluding carboxylic acids is 1. The number of nitrogens with zero attached hydrogens (tertiary/aromatic N) is 1. The molecule has 0 N–H and O–H groups in total. The largest absolute Gasteiger partial charge is 0.297 e. The second-order valence-corrected chi connectivity index (χ2v) is 5.38. The first kappa shape index (κ1) is 14.9. The first-order chi connectivity index (χ1) is 8.41.